The summed E-state index contributed by atoms with van der Waals surface area (Å²) in [6, 6.07) is 8.46. The number of methoxy groups -OCH3 is 1. The number of aromatic nitrogens is 1. The minimum atomic E-state index is -0.936. The number of fused-ring (bicyclic) bond motifs is 1. The molecule has 1 heterocycles. The average Bonchev–Trinajstić information content (AvgIpc) is 2.81. The van der Waals surface area contributed by atoms with Gasteiger partial charge in [0.1, 0.15) is 23.2 Å². The van der Waals surface area contributed by atoms with Crippen LogP contribution < -0.4 is 4.74 Å². The number of rotatable bonds is 11. The van der Waals surface area contributed by atoms with Gasteiger partial charge < -0.3 is 14.7 Å². The van der Waals surface area contributed by atoms with Gasteiger partial charge in [0.15, 0.2) is 0 Å². The van der Waals surface area contributed by atoms with Crippen molar-refractivity contribution in [2.24, 2.45) is 5.92 Å². The lowest BCUT2D eigenvalue weighted by Crippen LogP contribution is -2.30. The second-order valence-electron chi connectivity index (χ2n) is 8.18. The van der Waals surface area contributed by atoms with E-state index in [-0.39, 0.29) is 12.1 Å². The van der Waals surface area contributed by atoms with Crippen LogP contribution in [-0.4, -0.2) is 48.2 Å². The highest BCUT2D eigenvalue weighted by molar-refractivity contribution is 5.83. The lowest BCUT2D eigenvalue weighted by Gasteiger charge is -2.20. The van der Waals surface area contributed by atoms with Gasteiger partial charge in [0.05, 0.1) is 24.7 Å². The van der Waals surface area contributed by atoms with Crippen molar-refractivity contribution in [2.45, 2.75) is 19.3 Å². The van der Waals surface area contributed by atoms with Crippen molar-refractivity contribution in [1.82, 2.24) is 9.88 Å². The van der Waals surface area contributed by atoms with E-state index in [1.807, 2.05) is 0 Å². The summed E-state index contributed by atoms with van der Waals surface area (Å²) in [4.78, 5) is 17.7. The van der Waals surface area contributed by atoms with Crippen LogP contribution in [0.1, 0.15) is 24.0 Å². The lowest BCUT2D eigenvalue weighted by molar-refractivity contribution is -0.142. The van der Waals surface area contributed by atoms with E-state index in [4.69, 9.17) is 4.74 Å². The van der Waals surface area contributed by atoms with Crippen LogP contribution in [0.15, 0.2) is 48.7 Å². The van der Waals surface area contributed by atoms with Crippen molar-refractivity contribution in [1.29, 1.82) is 0 Å². The molecular weight excluding hydrogens is 445 g/mol. The first kappa shape index (κ1) is 25.2. The van der Waals surface area contributed by atoms with Gasteiger partial charge in [0, 0.05) is 24.0 Å². The van der Waals surface area contributed by atoms with Gasteiger partial charge in [-0.25, -0.2) is 13.2 Å². The van der Waals surface area contributed by atoms with E-state index in [2.05, 4.69) is 4.98 Å². The zero-order valence-electron chi connectivity index (χ0n) is 19.1. The maximum atomic E-state index is 14.5. The third-order valence-corrected chi connectivity index (χ3v) is 5.67. The first-order valence-electron chi connectivity index (χ1n) is 10.9. The zero-order chi connectivity index (χ0) is 24.7. The van der Waals surface area contributed by atoms with E-state index < -0.39 is 29.3 Å². The predicted octanol–water partition coefficient (Wildman–Crippen LogP) is 5.33. The van der Waals surface area contributed by atoms with Crippen molar-refractivity contribution < 1.29 is 27.8 Å². The van der Waals surface area contributed by atoms with Crippen LogP contribution >= 0.6 is 0 Å². The largest absolute Gasteiger partial charge is 0.497 e. The summed E-state index contributed by atoms with van der Waals surface area (Å²) in [5.74, 6) is -2.49. The van der Waals surface area contributed by atoms with Gasteiger partial charge in [-0.05, 0) is 68.3 Å². The summed E-state index contributed by atoms with van der Waals surface area (Å²) in [7, 11) is 3.29. The number of benzene rings is 2. The summed E-state index contributed by atoms with van der Waals surface area (Å²) >= 11 is 0. The topological polar surface area (TPSA) is 62.7 Å². The van der Waals surface area contributed by atoms with E-state index in [0.29, 0.717) is 48.0 Å². The number of likely N-dealkylation sites (N-methyl/N-ethyl adjacent to an activating group) is 1. The summed E-state index contributed by atoms with van der Waals surface area (Å²) in [6.07, 6.45) is 5.50. The first-order valence-corrected chi connectivity index (χ1v) is 10.9. The monoisotopic (exact) mass is 472 g/mol. The molecule has 0 spiro atoms. The predicted molar refractivity (Wildman–Crippen MR) is 125 cm³/mol. The number of hydrogen-bond acceptors (Lipinski definition) is 4. The first-order chi connectivity index (χ1) is 16.3. The van der Waals surface area contributed by atoms with E-state index in [1.165, 1.54) is 19.4 Å². The number of nitrogens with zero attached hydrogens (tertiary/aromatic N) is 2. The molecule has 0 fully saturated rings. The Morgan fingerprint density at radius 2 is 1.97 bits per heavy atom. The summed E-state index contributed by atoms with van der Waals surface area (Å²) < 4.78 is 46.7. The lowest BCUT2D eigenvalue weighted by atomic mass is 9.97. The van der Waals surface area contributed by atoms with Gasteiger partial charge in [-0.1, -0.05) is 12.2 Å². The number of carboxylic acid groups (broad SMARTS) is 1. The molecule has 0 saturated heterocycles. The quantitative estimate of drug-likeness (QED) is 0.409. The second kappa shape index (κ2) is 11.7. The van der Waals surface area contributed by atoms with E-state index in [9.17, 15) is 23.1 Å². The SMILES string of the molecule is COc1ccc2ncc(F)c(CCCC(CN(C)C/C=C/c3cc(F)ccc3F)C(=O)O)c2c1. The highest BCUT2D eigenvalue weighted by Crippen LogP contribution is 2.26. The molecule has 180 valence electrons. The molecule has 0 amide bonds. The molecule has 1 N–H and O–H groups in total. The zero-order valence-corrected chi connectivity index (χ0v) is 19.1. The molecule has 3 aromatic rings. The number of ether oxygens (including phenoxy) is 1. The van der Waals surface area contributed by atoms with Crippen molar-refractivity contribution in [2.75, 3.05) is 27.2 Å². The number of aryl methyl sites for hydroxylation is 1. The van der Waals surface area contributed by atoms with Crippen molar-refractivity contribution in [3.63, 3.8) is 0 Å². The number of pyridine rings is 1. The van der Waals surface area contributed by atoms with Gasteiger partial charge in [-0.3, -0.25) is 9.78 Å². The minimum absolute atomic E-state index is 0.131. The number of hydrogen-bond donors (Lipinski definition) is 1. The third kappa shape index (κ3) is 6.57. The van der Waals surface area contributed by atoms with Crippen LogP contribution in [-0.2, 0) is 11.2 Å². The Labute approximate surface area is 196 Å². The Kier molecular flexibility index (Phi) is 8.65. The van der Waals surface area contributed by atoms with Crippen molar-refractivity contribution in [3.8, 4) is 5.75 Å². The van der Waals surface area contributed by atoms with E-state index in [0.717, 1.165) is 18.2 Å². The Balaban J connectivity index is 1.59. The molecule has 1 unspecified atom stereocenters. The highest BCUT2D eigenvalue weighted by Gasteiger charge is 2.20. The van der Waals surface area contributed by atoms with Crippen molar-refractivity contribution in [3.05, 3.63) is 77.2 Å². The Morgan fingerprint density at radius 1 is 1.18 bits per heavy atom. The number of carboxylic acids is 1. The molecule has 2 aromatic carbocycles. The molecule has 0 bridgehead atoms. The molecule has 8 heteroatoms. The Hall–Kier alpha value is -3.39. The molecule has 34 heavy (non-hydrogen) atoms. The normalized spacial score (nSPS) is 12.5. The van der Waals surface area contributed by atoms with Gasteiger partial charge in [-0.15, -0.1) is 0 Å². The Bertz CT molecular complexity index is 1180. The average molecular weight is 473 g/mol. The van der Waals surface area contributed by atoms with Crippen LogP contribution in [0.25, 0.3) is 17.0 Å². The number of aliphatic carboxylic acids is 1. The fourth-order valence-corrected chi connectivity index (χ4v) is 3.85. The minimum Gasteiger partial charge on any atom is -0.497 e. The molecule has 0 saturated carbocycles. The Morgan fingerprint density at radius 3 is 2.71 bits per heavy atom. The fraction of sp³-hybridized carbons (Fsp3) is 0.308. The van der Waals surface area contributed by atoms with Crippen LogP contribution in [0.4, 0.5) is 13.2 Å². The van der Waals surface area contributed by atoms with Gasteiger partial charge in [0.2, 0.25) is 0 Å². The van der Waals surface area contributed by atoms with Gasteiger partial charge in [0.25, 0.3) is 0 Å². The summed E-state index contributed by atoms with van der Waals surface area (Å²) in [6.45, 7) is 0.627. The third-order valence-electron chi connectivity index (χ3n) is 5.67. The molecule has 5 nitrogen and oxygen atoms in total. The molecular formula is C26H27F3N2O3. The number of carbonyl (C=O) groups is 1. The maximum absolute atomic E-state index is 14.5. The van der Waals surface area contributed by atoms with E-state index in [1.54, 1.807) is 36.2 Å². The maximum Gasteiger partial charge on any atom is 0.307 e. The smallest absolute Gasteiger partial charge is 0.307 e. The number of halogens is 3. The standard InChI is InChI=1S/C26H27F3N2O3/c1-31(12-4-6-17-13-19(27)8-10-23(17)28)16-18(26(32)33)5-3-7-21-22-14-20(34-2)9-11-25(22)30-15-24(21)29/h4,6,8-11,13-15,18H,3,5,7,12,16H2,1-2H3,(H,32,33)/b6-4+. The highest BCUT2D eigenvalue weighted by atomic mass is 19.1. The molecule has 0 radical (unpaired) electrons. The fourth-order valence-electron chi connectivity index (χ4n) is 3.85. The summed E-state index contributed by atoms with van der Waals surface area (Å²) in [5.41, 5.74) is 1.26. The molecule has 1 atom stereocenters. The van der Waals surface area contributed by atoms with Crippen LogP contribution in [0.5, 0.6) is 5.75 Å². The van der Waals surface area contributed by atoms with Gasteiger partial charge >= 0.3 is 5.97 Å². The van der Waals surface area contributed by atoms with Crippen molar-refractivity contribution >= 4 is 22.9 Å². The molecule has 0 aliphatic rings. The molecule has 1 aromatic heterocycles. The molecule has 0 aliphatic carbocycles. The van der Waals surface area contributed by atoms with Crippen LogP contribution in [0.2, 0.25) is 0 Å². The second-order valence-corrected chi connectivity index (χ2v) is 8.18. The summed E-state index contributed by atoms with van der Waals surface area (Å²) in [5, 5.41) is 10.3. The molecule has 3 rings (SSSR count). The van der Waals surface area contributed by atoms with Gasteiger partial charge in [-0.2, -0.15) is 0 Å². The van der Waals surface area contributed by atoms with Crippen LogP contribution in [0, 0.1) is 23.4 Å². The molecule has 0 aliphatic heterocycles. The van der Waals surface area contributed by atoms with Crippen LogP contribution in [0.3, 0.4) is 0 Å². The van der Waals surface area contributed by atoms with E-state index >= 15 is 0 Å².